The Hall–Kier alpha value is -4.21. The van der Waals surface area contributed by atoms with Gasteiger partial charge >= 0.3 is 0 Å². The molecule has 0 spiro atoms. The van der Waals surface area contributed by atoms with Gasteiger partial charge in [-0.2, -0.15) is 10.1 Å². The molecule has 1 amide bonds. The van der Waals surface area contributed by atoms with Gasteiger partial charge in [-0.25, -0.2) is 4.68 Å². The first-order valence-corrected chi connectivity index (χ1v) is 10.5. The maximum Gasteiger partial charge on any atom is 0.255 e. The molecule has 1 unspecified atom stereocenters. The fourth-order valence-electron chi connectivity index (χ4n) is 4.05. The summed E-state index contributed by atoms with van der Waals surface area (Å²) >= 11 is 0. The van der Waals surface area contributed by atoms with Crippen LogP contribution < -0.4 is 29.6 Å². The van der Waals surface area contributed by atoms with Crippen molar-refractivity contribution in [2.24, 2.45) is 0 Å². The zero-order valence-electron chi connectivity index (χ0n) is 19.9. The Morgan fingerprint density at radius 3 is 2.29 bits per heavy atom. The van der Waals surface area contributed by atoms with Crippen LogP contribution in [0, 0.1) is 6.92 Å². The quantitative estimate of drug-likeness (QED) is 0.545. The summed E-state index contributed by atoms with van der Waals surface area (Å²) in [6.45, 7) is 3.77. The van der Waals surface area contributed by atoms with Gasteiger partial charge in [0.2, 0.25) is 5.95 Å². The number of rotatable bonds is 7. The summed E-state index contributed by atoms with van der Waals surface area (Å²) in [6.07, 6.45) is 1.43. The van der Waals surface area contributed by atoms with E-state index in [4.69, 9.17) is 18.9 Å². The lowest BCUT2D eigenvalue weighted by atomic mass is 9.93. The highest BCUT2D eigenvalue weighted by molar-refractivity contribution is 6.06. The molecule has 0 aliphatic carbocycles. The lowest BCUT2D eigenvalue weighted by molar-refractivity contribution is -0.113. The van der Waals surface area contributed by atoms with Gasteiger partial charge in [0.25, 0.3) is 5.91 Å². The normalized spacial score (nSPS) is 14.7. The third-order valence-corrected chi connectivity index (χ3v) is 5.67. The maximum absolute atomic E-state index is 13.7. The highest BCUT2D eigenvalue weighted by Gasteiger charge is 2.36. The number of nitrogens with zero attached hydrogens (tertiary/aromatic N) is 3. The van der Waals surface area contributed by atoms with Crippen molar-refractivity contribution in [3.63, 3.8) is 0 Å². The minimum Gasteiger partial charge on any atom is -0.496 e. The number of methoxy groups -OCH3 is 4. The Morgan fingerprint density at radius 1 is 0.941 bits per heavy atom. The highest BCUT2D eigenvalue weighted by Crippen LogP contribution is 2.44. The standard InChI is InChI=1S/C24H27N5O5/c1-13-7-8-17(31-3)16(9-13)28-23(30)21-14(2)27-24-25-12-26-29(24)22(21)15-10-19(33-5)20(34-6)11-18(15)32-4/h7-12,22H,1-6H3,(H,28,30)(H,25,26,27). The smallest absolute Gasteiger partial charge is 0.255 e. The summed E-state index contributed by atoms with van der Waals surface area (Å²) in [7, 11) is 6.22. The van der Waals surface area contributed by atoms with Crippen molar-refractivity contribution in [1.82, 2.24) is 14.8 Å². The topological polar surface area (TPSA) is 109 Å². The van der Waals surface area contributed by atoms with Crippen LogP contribution in [0.1, 0.15) is 24.1 Å². The Labute approximate surface area is 197 Å². The summed E-state index contributed by atoms with van der Waals surface area (Å²) in [5.41, 5.74) is 3.28. The number of carbonyl (C=O) groups excluding carboxylic acids is 1. The number of anilines is 2. The van der Waals surface area contributed by atoms with Gasteiger partial charge in [-0.15, -0.1) is 0 Å². The van der Waals surface area contributed by atoms with E-state index in [1.807, 2.05) is 32.0 Å². The molecule has 0 fully saturated rings. The molecule has 10 nitrogen and oxygen atoms in total. The zero-order chi connectivity index (χ0) is 24.4. The van der Waals surface area contributed by atoms with Crippen LogP contribution in [0.25, 0.3) is 0 Å². The predicted octanol–water partition coefficient (Wildman–Crippen LogP) is 3.55. The molecule has 178 valence electrons. The minimum absolute atomic E-state index is 0.322. The first-order valence-electron chi connectivity index (χ1n) is 10.5. The van der Waals surface area contributed by atoms with Gasteiger partial charge in [0.15, 0.2) is 11.5 Å². The fourth-order valence-corrected chi connectivity index (χ4v) is 4.05. The average Bonchev–Trinajstić information content (AvgIpc) is 3.30. The number of aromatic nitrogens is 3. The fraction of sp³-hybridized carbons (Fsp3) is 0.292. The van der Waals surface area contributed by atoms with Gasteiger partial charge in [-0.05, 0) is 37.6 Å². The number of hydrogen-bond acceptors (Lipinski definition) is 8. The summed E-state index contributed by atoms with van der Waals surface area (Å²) in [5, 5.41) is 10.5. The molecule has 0 bridgehead atoms. The van der Waals surface area contributed by atoms with Crippen LogP contribution in [0.3, 0.4) is 0 Å². The van der Waals surface area contributed by atoms with Crippen LogP contribution in [0.4, 0.5) is 11.6 Å². The first kappa shape index (κ1) is 23.0. The second-order valence-electron chi connectivity index (χ2n) is 7.70. The number of allylic oxidation sites excluding steroid dienone is 1. The molecule has 0 saturated carbocycles. The van der Waals surface area contributed by atoms with Crippen molar-refractivity contribution in [2.45, 2.75) is 19.9 Å². The lowest BCUT2D eigenvalue weighted by Gasteiger charge is -2.30. The second kappa shape index (κ2) is 9.34. The molecule has 3 aromatic rings. The summed E-state index contributed by atoms with van der Waals surface area (Å²) in [5.74, 6) is 2.25. The molecule has 1 atom stereocenters. The van der Waals surface area contributed by atoms with Crippen LogP contribution in [-0.4, -0.2) is 49.1 Å². The summed E-state index contributed by atoms with van der Waals surface area (Å²) in [4.78, 5) is 18.0. The molecular formula is C24H27N5O5. The molecule has 2 heterocycles. The van der Waals surface area contributed by atoms with Gasteiger partial charge in [0.1, 0.15) is 23.9 Å². The van der Waals surface area contributed by atoms with Crippen molar-refractivity contribution in [3.05, 3.63) is 59.1 Å². The van der Waals surface area contributed by atoms with Gasteiger partial charge < -0.3 is 29.6 Å². The zero-order valence-corrected chi connectivity index (χ0v) is 19.9. The largest absolute Gasteiger partial charge is 0.496 e. The third-order valence-electron chi connectivity index (χ3n) is 5.67. The molecule has 2 aromatic carbocycles. The SMILES string of the molecule is COc1ccc(C)cc1NC(=O)C1=C(C)Nc2ncnn2C1c1cc(OC)c(OC)cc1OC. The molecule has 1 aliphatic rings. The van der Waals surface area contributed by atoms with E-state index in [2.05, 4.69) is 20.7 Å². The van der Waals surface area contributed by atoms with Crippen molar-refractivity contribution >= 4 is 17.5 Å². The highest BCUT2D eigenvalue weighted by atomic mass is 16.5. The Morgan fingerprint density at radius 2 is 1.62 bits per heavy atom. The molecule has 0 radical (unpaired) electrons. The number of hydrogen-bond donors (Lipinski definition) is 2. The minimum atomic E-state index is -0.649. The van der Waals surface area contributed by atoms with E-state index in [0.29, 0.717) is 51.5 Å². The molecule has 10 heteroatoms. The third kappa shape index (κ3) is 3.98. The lowest BCUT2D eigenvalue weighted by Crippen LogP contribution is -2.32. The van der Waals surface area contributed by atoms with Crippen molar-refractivity contribution in [1.29, 1.82) is 0 Å². The van der Waals surface area contributed by atoms with E-state index < -0.39 is 6.04 Å². The maximum atomic E-state index is 13.7. The van der Waals surface area contributed by atoms with Crippen molar-refractivity contribution in [2.75, 3.05) is 39.1 Å². The van der Waals surface area contributed by atoms with E-state index in [1.54, 1.807) is 45.3 Å². The average molecular weight is 466 g/mol. The molecule has 1 aromatic heterocycles. The van der Waals surface area contributed by atoms with E-state index in [-0.39, 0.29) is 5.91 Å². The molecule has 2 N–H and O–H groups in total. The van der Waals surface area contributed by atoms with Crippen LogP contribution in [0.15, 0.2) is 47.9 Å². The summed E-state index contributed by atoms with van der Waals surface area (Å²) in [6, 6.07) is 8.45. The van der Waals surface area contributed by atoms with Crippen LogP contribution >= 0.6 is 0 Å². The second-order valence-corrected chi connectivity index (χ2v) is 7.70. The first-order chi connectivity index (χ1) is 16.4. The van der Waals surface area contributed by atoms with E-state index in [1.165, 1.54) is 6.33 Å². The number of carbonyl (C=O) groups is 1. The molecule has 34 heavy (non-hydrogen) atoms. The van der Waals surface area contributed by atoms with Gasteiger partial charge in [0.05, 0.1) is 39.7 Å². The number of benzene rings is 2. The number of nitrogens with one attached hydrogen (secondary N) is 2. The number of amides is 1. The van der Waals surface area contributed by atoms with Gasteiger partial charge in [-0.3, -0.25) is 4.79 Å². The van der Waals surface area contributed by atoms with Gasteiger partial charge in [0, 0.05) is 17.3 Å². The molecule has 0 saturated heterocycles. The van der Waals surface area contributed by atoms with Crippen molar-refractivity contribution in [3.8, 4) is 23.0 Å². The Kier molecular flexibility index (Phi) is 6.31. The number of aryl methyl sites for hydroxylation is 1. The van der Waals surface area contributed by atoms with Crippen molar-refractivity contribution < 1.29 is 23.7 Å². The van der Waals surface area contributed by atoms with Gasteiger partial charge in [-0.1, -0.05) is 6.07 Å². The molecule has 1 aliphatic heterocycles. The molecular weight excluding hydrogens is 438 g/mol. The van der Waals surface area contributed by atoms with E-state index in [0.717, 1.165) is 5.56 Å². The molecule has 4 rings (SSSR count). The van der Waals surface area contributed by atoms with E-state index in [9.17, 15) is 4.79 Å². The Balaban J connectivity index is 1.86. The van der Waals surface area contributed by atoms with Crippen LogP contribution in [0.5, 0.6) is 23.0 Å². The number of fused-ring (bicyclic) bond motifs is 1. The monoisotopic (exact) mass is 465 g/mol. The van der Waals surface area contributed by atoms with E-state index >= 15 is 0 Å². The predicted molar refractivity (Wildman–Crippen MR) is 127 cm³/mol. The Bertz CT molecular complexity index is 1270. The van der Waals surface area contributed by atoms with Crippen LogP contribution in [0.2, 0.25) is 0 Å². The number of ether oxygens (including phenoxy) is 4. The van der Waals surface area contributed by atoms with Crippen LogP contribution in [-0.2, 0) is 4.79 Å². The summed E-state index contributed by atoms with van der Waals surface area (Å²) < 4.78 is 23.7.